The number of carbonyl (C=O) groups is 4. The third-order valence-corrected chi connectivity index (χ3v) is 4.71. The molecule has 0 unspecified atom stereocenters. The van der Waals surface area contributed by atoms with Crippen molar-refractivity contribution in [3.05, 3.63) is 95.1 Å². The number of aromatic carboxylic acids is 4. The van der Waals surface area contributed by atoms with Crippen LogP contribution < -0.4 is 20.4 Å². The van der Waals surface area contributed by atoms with Crippen molar-refractivity contribution in [2.24, 2.45) is 0 Å². The summed E-state index contributed by atoms with van der Waals surface area (Å²) in [5.74, 6) is -6.08. The van der Waals surface area contributed by atoms with Crippen LogP contribution in [0.3, 0.4) is 0 Å². The molecule has 0 aromatic heterocycles. The van der Waals surface area contributed by atoms with Crippen molar-refractivity contribution < 1.29 is 39.6 Å². The van der Waals surface area contributed by atoms with Gasteiger partial charge in [0.25, 0.3) is 0 Å². The van der Waals surface area contributed by atoms with Gasteiger partial charge in [0.15, 0.2) is 0 Å². The van der Waals surface area contributed by atoms with Crippen molar-refractivity contribution in [3.63, 3.8) is 0 Å². The van der Waals surface area contributed by atoms with Crippen molar-refractivity contribution in [2.75, 3.05) is 0 Å². The average molecular weight is 501 g/mol. The Morgan fingerprint density at radius 1 is 0.455 bits per heavy atom. The van der Waals surface area contributed by atoms with E-state index in [1.807, 2.05) is 0 Å². The molecule has 160 valence electrons. The monoisotopic (exact) mass is 502 g/mol. The Hall–Kier alpha value is -4.18. The minimum Gasteiger partial charge on any atom is -0.545 e. The van der Waals surface area contributed by atoms with Gasteiger partial charge in [-0.15, -0.1) is 0 Å². The summed E-state index contributed by atoms with van der Waals surface area (Å²) in [6.45, 7) is 0. The molecule has 0 amide bonds. The van der Waals surface area contributed by atoms with E-state index in [4.69, 9.17) is 0 Å². The Morgan fingerprint density at radius 3 is 1.09 bits per heavy atom. The van der Waals surface area contributed by atoms with Crippen molar-refractivity contribution >= 4 is 63.0 Å². The number of hydrogen-bond donors (Lipinski definition) is 0. The minimum atomic E-state index is -1.52. The average Bonchev–Trinajstić information content (AvgIpc) is 2.77. The van der Waals surface area contributed by atoms with Crippen LogP contribution in [0.5, 0.6) is 0 Å². The number of carbonyl (C=O) groups excluding carboxylic acids is 4. The number of benzene rings is 4. The zero-order valence-electron chi connectivity index (χ0n) is 16.7. The van der Waals surface area contributed by atoms with Gasteiger partial charge in [-0.3, -0.25) is 0 Å². The third-order valence-electron chi connectivity index (χ3n) is 4.71. The molecule has 0 atom stereocenters. The Morgan fingerprint density at radius 2 is 0.788 bits per heavy atom. The van der Waals surface area contributed by atoms with Crippen molar-refractivity contribution in [1.29, 1.82) is 0 Å². The van der Waals surface area contributed by atoms with E-state index in [1.165, 1.54) is 36.4 Å². The van der Waals surface area contributed by atoms with E-state index in [0.717, 1.165) is 0 Å². The minimum absolute atomic E-state index is 0. The van der Waals surface area contributed by atoms with Gasteiger partial charge in [0.2, 0.25) is 0 Å². The Balaban J connectivity index is 0.000000227. The van der Waals surface area contributed by atoms with Gasteiger partial charge in [-0.25, -0.2) is 0 Å². The maximum absolute atomic E-state index is 10.9. The molecule has 0 aliphatic heterocycles. The van der Waals surface area contributed by atoms with Gasteiger partial charge >= 0.3 is 17.6 Å². The van der Waals surface area contributed by atoms with E-state index in [1.54, 1.807) is 36.4 Å². The molecule has 8 nitrogen and oxygen atoms in total. The summed E-state index contributed by atoms with van der Waals surface area (Å²) >= 11 is 0. The van der Waals surface area contributed by atoms with Crippen LogP contribution in [0, 0.1) is 0 Å². The molecule has 4 aromatic rings. The second-order valence-electron chi connectivity index (χ2n) is 6.57. The fraction of sp³-hybridized carbons (Fsp3) is 0. The summed E-state index contributed by atoms with van der Waals surface area (Å²) in [6, 6.07) is 18.7. The van der Waals surface area contributed by atoms with Crippen LogP contribution >= 0.6 is 0 Å². The second-order valence-corrected chi connectivity index (χ2v) is 6.57. The molecule has 0 bridgehead atoms. The smallest absolute Gasteiger partial charge is 0.545 e. The van der Waals surface area contributed by atoms with Gasteiger partial charge in [-0.1, -0.05) is 72.8 Å². The van der Waals surface area contributed by atoms with E-state index >= 15 is 0 Å². The molecule has 0 heterocycles. The van der Waals surface area contributed by atoms with E-state index in [0.29, 0.717) is 21.5 Å². The molecule has 0 spiro atoms. The molecule has 0 radical (unpaired) electrons. The van der Waals surface area contributed by atoms with Crippen LogP contribution in [0.2, 0.25) is 0 Å². The molecule has 0 N–H and O–H groups in total. The maximum atomic E-state index is 10.9. The molecule has 0 aliphatic carbocycles. The van der Waals surface area contributed by atoms with Crippen LogP contribution in [-0.2, 0) is 0 Å². The molecule has 0 fully saturated rings. The molecule has 9 heteroatoms. The van der Waals surface area contributed by atoms with E-state index < -0.39 is 23.9 Å². The fourth-order valence-corrected chi connectivity index (χ4v) is 3.32. The molecule has 0 saturated carbocycles. The summed E-state index contributed by atoms with van der Waals surface area (Å²) in [7, 11) is 0. The molecule has 4 aromatic carbocycles. The zero-order chi connectivity index (χ0) is 23.4. The van der Waals surface area contributed by atoms with E-state index in [9.17, 15) is 39.6 Å². The van der Waals surface area contributed by atoms with Gasteiger partial charge in [0, 0.05) is 22.3 Å². The normalized spacial score (nSPS) is 9.94. The van der Waals surface area contributed by atoms with E-state index in [-0.39, 0.29) is 39.9 Å². The first kappa shape index (κ1) is 25.1. The number of carboxylic acid groups (broad SMARTS) is 4. The largest absolute Gasteiger partial charge is 4.00 e. The summed E-state index contributed by atoms with van der Waals surface area (Å²) < 4.78 is 0. The molecule has 4 rings (SSSR count). The Bertz CT molecular complexity index is 1290. The van der Waals surface area contributed by atoms with Crippen LogP contribution in [0.25, 0.3) is 21.5 Å². The summed E-state index contributed by atoms with van der Waals surface area (Å²) in [6.07, 6.45) is 0. The van der Waals surface area contributed by atoms with E-state index in [2.05, 4.69) is 0 Å². The SMILES string of the molecule is O=C([O-])c1ccc2ccccc2c1C(=O)[O-].O=C([O-])c1ccc2ccccc2c1C(=O)[O-].[Ge+4]. The van der Waals surface area contributed by atoms with Crippen molar-refractivity contribution in [3.8, 4) is 0 Å². The molecule has 33 heavy (non-hydrogen) atoms. The first-order chi connectivity index (χ1) is 15.2. The number of fused-ring (bicyclic) bond motifs is 2. The summed E-state index contributed by atoms with van der Waals surface area (Å²) in [5.41, 5.74) is -1.39. The molecular formula is C24H12GeO8. The van der Waals surface area contributed by atoms with Gasteiger partial charge in [-0.05, 0) is 21.5 Å². The van der Waals surface area contributed by atoms with Crippen molar-refractivity contribution in [1.82, 2.24) is 0 Å². The number of rotatable bonds is 4. The van der Waals surface area contributed by atoms with Crippen LogP contribution in [0.1, 0.15) is 41.4 Å². The first-order valence-corrected chi connectivity index (χ1v) is 9.11. The molecule has 0 saturated heterocycles. The van der Waals surface area contributed by atoms with Gasteiger partial charge in [-0.2, -0.15) is 0 Å². The topological polar surface area (TPSA) is 161 Å². The zero-order valence-corrected chi connectivity index (χ0v) is 18.8. The Labute approximate surface area is 197 Å². The quantitative estimate of drug-likeness (QED) is 0.314. The van der Waals surface area contributed by atoms with Crippen LogP contribution in [-0.4, -0.2) is 41.5 Å². The molecule has 0 aliphatic rings. The predicted molar refractivity (Wildman–Crippen MR) is 111 cm³/mol. The standard InChI is InChI=1S/2C12H8O4.Ge/c2*13-11(14)9-6-5-7-3-1-2-4-8(7)10(9)12(15)16;/h2*1-6H,(H,13,14)(H,15,16);/q;;+4/p-4. The Kier molecular flexibility index (Phi) is 7.92. The van der Waals surface area contributed by atoms with Gasteiger partial charge in [0.1, 0.15) is 0 Å². The first-order valence-electron chi connectivity index (χ1n) is 9.11. The maximum Gasteiger partial charge on any atom is 4.00 e. The van der Waals surface area contributed by atoms with Crippen molar-refractivity contribution in [2.45, 2.75) is 0 Å². The summed E-state index contributed by atoms with van der Waals surface area (Å²) in [5, 5.41) is 45.4. The number of carboxylic acids is 4. The van der Waals surface area contributed by atoms with Gasteiger partial charge in [0.05, 0.1) is 23.9 Å². The predicted octanol–water partition coefficient (Wildman–Crippen LogP) is -1.25. The number of hydrogen-bond acceptors (Lipinski definition) is 8. The summed E-state index contributed by atoms with van der Waals surface area (Å²) in [4.78, 5) is 43.4. The van der Waals surface area contributed by atoms with Gasteiger partial charge < -0.3 is 39.6 Å². The fourth-order valence-electron chi connectivity index (χ4n) is 3.32. The van der Waals surface area contributed by atoms with Crippen LogP contribution in [0.4, 0.5) is 0 Å². The molecular weight excluding hydrogens is 489 g/mol. The third kappa shape index (κ3) is 5.18. The second kappa shape index (κ2) is 10.4. The van der Waals surface area contributed by atoms with Crippen LogP contribution in [0.15, 0.2) is 72.8 Å².